The van der Waals surface area contributed by atoms with Crippen LogP contribution >= 0.6 is 23.2 Å². The van der Waals surface area contributed by atoms with Crippen LogP contribution in [0.2, 0.25) is 10.0 Å². The van der Waals surface area contributed by atoms with Gasteiger partial charge in [-0.25, -0.2) is 4.98 Å². The third-order valence-electron chi connectivity index (χ3n) is 1.77. The van der Waals surface area contributed by atoms with Crippen molar-refractivity contribution in [1.29, 1.82) is 0 Å². The molecule has 2 aromatic heterocycles. The van der Waals surface area contributed by atoms with Gasteiger partial charge in [-0.15, -0.1) is 0 Å². The highest BCUT2D eigenvalue weighted by Crippen LogP contribution is 2.21. The Hall–Kier alpha value is -1.32. The molecule has 0 saturated heterocycles. The first-order valence-electron chi connectivity index (χ1n) is 4.08. The Balaban J connectivity index is 2.42. The molecule has 0 amide bonds. The molecule has 0 fully saturated rings. The van der Waals surface area contributed by atoms with E-state index >= 15 is 0 Å². The molecule has 0 bridgehead atoms. The summed E-state index contributed by atoms with van der Waals surface area (Å²) in [6.45, 7) is 0. The molecule has 3 nitrogen and oxygen atoms in total. The average Bonchev–Trinajstić information content (AvgIpc) is 2.69. The van der Waals surface area contributed by atoms with Crippen LogP contribution in [0.3, 0.4) is 0 Å². The van der Waals surface area contributed by atoms with Crippen molar-refractivity contribution in [3.63, 3.8) is 0 Å². The van der Waals surface area contributed by atoms with Gasteiger partial charge in [-0.05, 0) is 18.2 Å². The Bertz CT molecular complexity index is 494. The van der Waals surface area contributed by atoms with Crippen LogP contribution < -0.4 is 0 Å². The van der Waals surface area contributed by atoms with Crippen molar-refractivity contribution in [2.24, 2.45) is 0 Å². The van der Waals surface area contributed by atoms with E-state index in [-0.39, 0.29) is 22.3 Å². The number of nitrogens with zero attached hydrogens (tertiary/aromatic N) is 1. The fourth-order valence-electron chi connectivity index (χ4n) is 1.11. The Labute approximate surface area is 95.6 Å². The minimum Gasteiger partial charge on any atom is -0.461 e. The molecule has 0 saturated carbocycles. The van der Waals surface area contributed by atoms with Gasteiger partial charge in [0.25, 0.3) is 0 Å². The van der Waals surface area contributed by atoms with Crippen LogP contribution in [-0.2, 0) is 0 Å². The molecule has 0 N–H and O–H groups in total. The highest BCUT2D eigenvalue weighted by atomic mass is 35.5. The quantitative estimate of drug-likeness (QED) is 0.759. The molecule has 2 aromatic rings. The van der Waals surface area contributed by atoms with E-state index in [1.807, 2.05) is 0 Å². The van der Waals surface area contributed by atoms with Gasteiger partial charge in [0.1, 0.15) is 5.69 Å². The summed E-state index contributed by atoms with van der Waals surface area (Å²) in [4.78, 5) is 15.6. The number of hydrogen-bond acceptors (Lipinski definition) is 3. The van der Waals surface area contributed by atoms with Gasteiger partial charge in [0.05, 0.1) is 16.3 Å². The van der Waals surface area contributed by atoms with Crippen molar-refractivity contribution in [2.45, 2.75) is 0 Å². The molecule has 2 rings (SSSR count). The molecular weight excluding hydrogens is 237 g/mol. The molecule has 0 aliphatic heterocycles. The minimum absolute atomic E-state index is 0.135. The van der Waals surface area contributed by atoms with E-state index in [1.165, 1.54) is 18.5 Å². The number of rotatable bonds is 2. The lowest BCUT2D eigenvalue weighted by Crippen LogP contribution is -2.03. The van der Waals surface area contributed by atoms with Crippen molar-refractivity contribution in [3.05, 3.63) is 52.2 Å². The second kappa shape index (κ2) is 4.04. The van der Waals surface area contributed by atoms with E-state index in [0.29, 0.717) is 5.02 Å². The van der Waals surface area contributed by atoms with Crippen LogP contribution in [0.1, 0.15) is 16.2 Å². The van der Waals surface area contributed by atoms with Crippen LogP contribution in [0, 0.1) is 0 Å². The van der Waals surface area contributed by atoms with Gasteiger partial charge in [0.2, 0.25) is 5.78 Å². The minimum atomic E-state index is -0.360. The predicted molar refractivity (Wildman–Crippen MR) is 56.4 cm³/mol. The number of hydrogen-bond donors (Lipinski definition) is 0. The highest BCUT2D eigenvalue weighted by molar-refractivity contribution is 6.36. The first-order valence-corrected chi connectivity index (χ1v) is 4.83. The lowest BCUT2D eigenvalue weighted by Gasteiger charge is -1.99. The first-order chi connectivity index (χ1) is 7.18. The average molecular weight is 242 g/mol. The summed E-state index contributed by atoms with van der Waals surface area (Å²) in [5.41, 5.74) is 0.135. The van der Waals surface area contributed by atoms with Crippen LogP contribution in [0.25, 0.3) is 0 Å². The number of carbonyl (C=O) groups is 1. The van der Waals surface area contributed by atoms with E-state index in [0.717, 1.165) is 0 Å². The molecule has 76 valence electrons. The largest absolute Gasteiger partial charge is 0.461 e. The molecule has 0 unspecified atom stereocenters. The number of halogens is 2. The summed E-state index contributed by atoms with van der Waals surface area (Å²) in [5, 5.41) is 0.597. The second-order valence-electron chi connectivity index (χ2n) is 2.79. The number of furan rings is 1. The predicted octanol–water partition coefficient (Wildman–Crippen LogP) is 3.21. The summed E-state index contributed by atoms with van der Waals surface area (Å²) >= 11 is 11.5. The van der Waals surface area contributed by atoms with Gasteiger partial charge in [0.15, 0.2) is 5.76 Å². The van der Waals surface area contributed by atoms with Gasteiger partial charge in [-0.3, -0.25) is 4.79 Å². The number of aromatic nitrogens is 1. The van der Waals surface area contributed by atoms with Crippen LogP contribution in [-0.4, -0.2) is 10.8 Å². The topological polar surface area (TPSA) is 43.1 Å². The zero-order valence-corrected chi connectivity index (χ0v) is 8.92. The third-order valence-corrected chi connectivity index (χ3v) is 2.26. The number of pyridine rings is 1. The fourth-order valence-corrected chi connectivity index (χ4v) is 1.57. The highest BCUT2D eigenvalue weighted by Gasteiger charge is 2.16. The summed E-state index contributed by atoms with van der Waals surface area (Å²) in [6, 6.07) is 4.64. The van der Waals surface area contributed by atoms with E-state index in [9.17, 15) is 4.79 Å². The molecule has 0 aromatic carbocycles. The Morgan fingerprint density at radius 2 is 2.20 bits per heavy atom. The monoisotopic (exact) mass is 241 g/mol. The van der Waals surface area contributed by atoms with E-state index in [2.05, 4.69) is 4.98 Å². The smallest absolute Gasteiger partial charge is 0.247 e. The van der Waals surface area contributed by atoms with E-state index in [4.69, 9.17) is 27.6 Å². The van der Waals surface area contributed by atoms with Crippen LogP contribution in [0.4, 0.5) is 0 Å². The van der Waals surface area contributed by atoms with Crippen molar-refractivity contribution >= 4 is 29.0 Å². The lowest BCUT2D eigenvalue weighted by molar-refractivity contribution is 0.100. The molecule has 0 spiro atoms. The lowest BCUT2D eigenvalue weighted by atomic mass is 10.2. The summed E-state index contributed by atoms with van der Waals surface area (Å²) in [5.74, 6) is -0.159. The maximum Gasteiger partial charge on any atom is 0.247 e. The molecule has 0 aliphatic rings. The van der Waals surface area contributed by atoms with Crippen LogP contribution in [0.5, 0.6) is 0 Å². The summed E-state index contributed by atoms with van der Waals surface area (Å²) in [6.07, 6.45) is 2.78. The Morgan fingerprint density at radius 3 is 2.80 bits per heavy atom. The summed E-state index contributed by atoms with van der Waals surface area (Å²) < 4.78 is 4.95. The van der Waals surface area contributed by atoms with Crippen molar-refractivity contribution in [2.75, 3.05) is 0 Å². The van der Waals surface area contributed by atoms with Gasteiger partial charge >= 0.3 is 0 Å². The molecule has 0 radical (unpaired) electrons. The first kappa shape index (κ1) is 10.2. The zero-order valence-electron chi connectivity index (χ0n) is 7.41. The van der Waals surface area contributed by atoms with E-state index < -0.39 is 0 Å². The molecule has 2 heterocycles. The van der Waals surface area contributed by atoms with Crippen molar-refractivity contribution in [3.8, 4) is 0 Å². The standard InChI is InChI=1S/C10H5Cl2NO2/c11-6-4-7(12)9(13-5-6)10(14)8-2-1-3-15-8/h1-5H. The molecule has 0 atom stereocenters. The number of ketones is 1. The normalized spacial score (nSPS) is 10.3. The molecule has 15 heavy (non-hydrogen) atoms. The fraction of sp³-hybridized carbons (Fsp3) is 0. The molecule has 5 heteroatoms. The van der Waals surface area contributed by atoms with Gasteiger partial charge < -0.3 is 4.42 Å². The maximum absolute atomic E-state index is 11.8. The van der Waals surface area contributed by atoms with Gasteiger partial charge in [-0.1, -0.05) is 23.2 Å². The van der Waals surface area contributed by atoms with Crippen molar-refractivity contribution < 1.29 is 9.21 Å². The van der Waals surface area contributed by atoms with Crippen LogP contribution in [0.15, 0.2) is 35.1 Å². The molecular formula is C10H5Cl2NO2. The Morgan fingerprint density at radius 1 is 1.40 bits per heavy atom. The van der Waals surface area contributed by atoms with E-state index in [1.54, 1.807) is 12.1 Å². The van der Waals surface area contributed by atoms with Crippen molar-refractivity contribution in [1.82, 2.24) is 4.98 Å². The Kier molecular flexibility index (Phi) is 2.75. The molecule has 0 aliphatic carbocycles. The van der Waals surface area contributed by atoms with Gasteiger partial charge in [0, 0.05) is 6.20 Å². The SMILES string of the molecule is O=C(c1ccco1)c1ncc(Cl)cc1Cl. The third kappa shape index (κ3) is 2.03. The maximum atomic E-state index is 11.8. The summed E-state index contributed by atoms with van der Waals surface area (Å²) in [7, 11) is 0. The zero-order chi connectivity index (χ0) is 10.8. The number of carbonyl (C=O) groups excluding carboxylic acids is 1. The van der Waals surface area contributed by atoms with Gasteiger partial charge in [-0.2, -0.15) is 0 Å². The second-order valence-corrected chi connectivity index (χ2v) is 3.63.